The van der Waals surface area contributed by atoms with Gasteiger partial charge in [0.2, 0.25) is 0 Å². The van der Waals surface area contributed by atoms with Crippen LogP contribution in [0, 0.1) is 10.1 Å². The van der Waals surface area contributed by atoms with E-state index in [1.165, 1.54) is 0 Å². The summed E-state index contributed by atoms with van der Waals surface area (Å²) in [5, 5.41) is 11.9. The van der Waals surface area contributed by atoms with Crippen LogP contribution < -0.4 is 14.5 Å². The van der Waals surface area contributed by atoms with Gasteiger partial charge in [-0.2, -0.15) is 0 Å². The van der Waals surface area contributed by atoms with E-state index in [4.69, 9.17) is 4.42 Å². The third-order valence-corrected chi connectivity index (χ3v) is 5.25. The van der Waals surface area contributed by atoms with Crippen molar-refractivity contribution in [3.63, 3.8) is 0 Å². The van der Waals surface area contributed by atoms with E-state index in [-0.39, 0.29) is 15.0 Å². The molecule has 0 atom stereocenters. The summed E-state index contributed by atoms with van der Waals surface area (Å²) in [6, 6.07) is 16.3. The molecule has 21 heavy (non-hydrogen) atoms. The summed E-state index contributed by atoms with van der Waals surface area (Å²) in [4.78, 5) is 22.5. The molecule has 0 saturated carbocycles. The SMILES string of the molecule is O=c1oc2ccccc2c([Se]c2ccccc2)c1[N+](=O)[O-]. The number of hydrogen-bond acceptors (Lipinski definition) is 4. The zero-order valence-electron chi connectivity index (χ0n) is 10.7. The van der Waals surface area contributed by atoms with Crippen LogP contribution in [0.5, 0.6) is 0 Å². The number of nitro groups is 1. The molecular weight excluding hydrogens is 337 g/mol. The Morgan fingerprint density at radius 1 is 1.00 bits per heavy atom. The van der Waals surface area contributed by atoms with Crippen LogP contribution in [0.1, 0.15) is 0 Å². The average Bonchev–Trinajstić information content (AvgIpc) is 2.47. The van der Waals surface area contributed by atoms with E-state index < -0.39 is 16.2 Å². The number of benzene rings is 2. The molecule has 2 aromatic carbocycles. The predicted octanol–water partition coefficient (Wildman–Crippen LogP) is 1.36. The van der Waals surface area contributed by atoms with E-state index in [0.717, 1.165) is 4.46 Å². The molecule has 5 nitrogen and oxygen atoms in total. The molecule has 0 aliphatic rings. The summed E-state index contributed by atoms with van der Waals surface area (Å²) in [5.41, 5.74) is -0.982. The van der Waals surface area contributed by atoms with Gasteiger partial charge in [0.15, 0.2) is 0 Å². The summed E-state index contributed by atoms with van der Waals surface area (Å²) in [6.07, 6.45) is 0. The van der Waals surface area contributed by atoms with Crippen LogP contribution in [0.3, 0.4) is 0 Å². The quantitative estimate of drug-likeness (QED) is 0.311. The molecule has 0 amide bonds. The Balaban J connectivity index is 2.29. The second kappa shape index (κ2) is 5.52. The monoisotopic (exact) mass is 347 g/mol. The van der Waals surface area contributed by atoms with E-state index >= 15 is 0 Å². The standard InChI is InChI=1S/C15H9NO4Se/c17-15-13(16(18)19)14(21-10-6-2-1-3-7-10)11-8-4-5-9-12(11)20-15/h1-9H. The number of hydrogen-bond donors (Lipinski definition) is 0. The van der Waals surface area contributed by atoms with Gasteiger partial charge in [-0.1, -0.05) is 0 Å². The minimum atomic E-state index is -0.897. The molecule has 0 aliphatic carbocycles. The summed E-state index contributed by atoms with van der Waals surface area (Å²) < 4.78 is 6.46. The molecule has 1 heterocycles. The summed E-state index contributed by atoms with van der Waals surface area (Å²) >= 11 is -0.348. The minimum absolute atomic E-state index is 0.348. The molecule has 0 spiro atoms. The van der Waals surface area contributed by atoms with Gasteiger partial charge < -0.3 is 0 Å². The Labute approximate surface area is 125 Å². The number of nitrogens with zero attached hydrogens (tertiary/aromatic N) is 1. The second-order valence-corrected chi connectivity index (χ2v) is 6.51. The Kier molecular flexibility index (Phi) is 3.56. The molecule has 0 radical (unpaired) electrons. The molecule has 0 fully saturated rings. The number of fused-ring (bicyclic) bond motifs is 1. The van der Waals surface area contributed by atoms with E-state index in [0.29, 0.717) is 15.4 Å². The van der Waals surface area contributed by atoms with Gasteiger partial charge in [-0.05, 0) is 0 Å². The first-order chi connectivity index (χ1) is 10.2. The van der Waals surface area contributed by atoms with Crippen molar-refractivity contribution in [2.45, 2.75) is 0 Å². The fourth-order valence-electron chi connectivity index (χ4n) is 1.98. The first-order valence-electron chi connectivity index (χ1n) is 6.10. The van der Waals surface area contributed by atoms with Crippen LogP contribution in [-0.4, -0.2) is 19.9 Å². The molecule has 0 saturated heterocycles. The predicted molar refractivity (Wildman–Crippen MR) is 80.6 cm³/mol. The number of rotatable bonds is 3. The molecular formula is C15H9NO4Se. The maximum atomic E-state index is 11.9. The fourth-order valence-corrected chi connectivity index (χ4v) is 4.21. The van der Waals surface area contributed by atoms with Gasteiger partial charge >= 0.3 is 125 Å². The molecule has 0 unspecified atom stereocenters. The summed E-state index contributed by atoms with van der Waals surface area (Å²) in [5.74, 6) is 0. The van der Waals surface area contributed by atoms with Crippen LogP contribution in [0.15, 0.2) is 63.8 Å². The third-order valence-electron chi connectivity index (χ3n) is 2.89. The molecule has 0 N–H and O–H groups in total. The Bertz CT molecular complexity index is 874. The molecule has 104 valence electrons. The van der Waals surface area contributed by atoms with E-state index in [9.17, 15) is 14.9 Å². The van der Waals surface area contributed by atoms with Crippen molar-refractivity contribution >= 4 is 40.5 Å². The van der Waals surface area contributed by atoms with Crippen molar-refractivity contribution in [1.82, 2.24) is 0 Å². The van der Waals surface area contributed by atoms with Crippen molar-refractivity contribution in [3.05, 3.63) is 75.1 Å². The van der Waals surface area contributed by atoms with Crippen LogP contribution in [0.25, 0.3) is 11.0 Å². The first kappa shape index (κ1) is 13.5. The van der Waals surface area contributed by atoms with Gasteiger partial charge in [-0.25, -0.2) is 0 Å². The Morgan fingerprint density at radius 3 is 2.38 bits per heavy atom. The fraction of sp³-hybridized carbons (Fsp3) is 0. The van der Waals surface area contributed by atoms with Gasteiger partial charge in [0.05, 0.1) is 0 Å². The molecule has 3 aromatic rings. The van der Waals surface area contributed by atoms with Crippen molar-refractivity contribution in [1.29, 1.82) is 0 Å². The second-order valence-electron chi connectivity index (χ2n) is 4.24. The van der Waals surface area contributed by atoms with Gasteiger partial charge in [-0.15, -0.1) is 0 Å². The summed E-state index contributed by atoms with van der Waals surface area (Å²) in [7, 11) is 0. The van der Waals surface area contributed by atoms with Gasteiger partial charge in [0, 0.05) is 0 Å². The van der Waals surface area contributed by atoms with Crippen LogP contribution in [0.2, 0.25) is 0 Å². The summed E-state index contributed by atoms with van der Waals surface area (Å²) in [6.45, 7) is 0. The number of para-hydroxylation sites is 1. The van der Waals surface area contributed by atoms with Crippen LogP contribution >= 0.6 is 0 Å². The zero-order valence-corrected chi connectivity index (χ0v) is 12.4. The molecule has 0 bridgehead atoms. The van der Waals surface area contributed by atoms with Crippen molar-refractivity contribution < 1.29 is 9.34 Å². The van der Waals surface area contributed by atoms with Gasteiger partial charge in [0.1, 0.15) is 0 Å². The Hall–Kier alpha value is -2.43. The van der Waals surface area contributed by atoms with E-state index in [1.807, 2.05) is 30.3 Å². The van der Waals surface area contributed by atoms with Crippen molar-refractivity contribution in [2.24, 2.45) is 0 Å². The van der Waals surface area contributed by atoms with Gasteiger partial charge in [0.25, 0.3) is 0 Å². The average molecular weight is 346 g/mol. The van der Waals surface area contributed by atoms with Crippen LogP contribution in [-0.2, 0) is 0 Å². The topological polar surface area (TPSA) is 73.3 Å². The van der Waals surface area contributed by atoms with E-state index in [1.54, 1.807) is 24.3 Å². The van der Waals surface area contributed by atoms with Crippen molar-refractivity contribution in [3.8, 4) is 0 Å². The van der Waals surface area contributed by atoms with Gasteiger partial charge in [-0.3, -0.25) is 0 Å². The molecule has 0 aliphatic heterocycles. The molecule has 3 rings (SSSR count). The first-order valence-corrected chi connectivity index (χ1v) is 7.81. The van der Waals surface area contributed by atoms with Crippen LogP contribution in [0.4, 0.5) is 5.69 Å². The van der Waals surface area contributed by atoms with E-state index in [2.05, 4.69) is 0 Å². The molecule has 6 heteroatoms. The van der Waals surface area contributed by atoms with Crippen molar-refractivity contribution in [2.75, 3.05) is 0 Å². The molecule has 1 aromatic heterocycles. The normalized spacial score (nSPS) is 10.7. The maximum absolute atomic E-state index is 11.9. The zero-order chi connectivity index (χ0) is 14.8. The third kappa shape index (κ3) is 2.59. The Morgan fingerprint density at radius 2 is 1.67 bits per heavy atom.